The Balaban J connectivity index is 1.77. The van der Waals surface area contributed by atoms with Crippen LogP contribution in [0.4, 0.5) is 0 Å². The topological polar surface area (TPSA) is 26.1 Å². The second kappa shape index (κ2) is 10.1. The Morgan fingerprint density at radius 2 is 1.50 bits per heavy atom. The molecule has 0 saturated carbocycles. The molecule has 0 heterocycles. The van der Waals surface area contributed by atoms with Gasteiger partial charge in [-0.2, -0.15) is 4.74 Å². The van der Waals surface area contributed by atoms with Crippen molar-refractivity contribution < 1.29 is 4.74 Å². The zero-order valence-electron chi connectivity index (χ0n) is 16.2. The van der Waals surface area contributed by atoms with Crippen molar-refractivity contribution >= 4 is 11.9 Å². The van der Waals surface area contributed by atoms with Crippen LogP contribution in [0, 0.1) is 12.1 Å². The Kier molecular flexibility index (Phi) is 6.97. The zero-order valence-corrected chi connectivity index (χ0v) is 16.2. The lowest BCUT2D eigenvalue weighted by molar-refractivity contribution is -0.344. The molecule has 3 rings (SSSR count). The molecule has 0 aliphatic heterocycles. The number of aryl methyl sites for hydroxylation is 2. The molecule has 0 atom stereocenters. The maximum absolute atomic E-state index is 12.8. The molecule has 140 valence electrons. The summed E-state index contributed by atoms with van der Waals surface area (Å²) in [5.74, 6) is 0. The van der Waals surface area contributed by atoms with E-state index in [0.29, 0.717) is 5.70 Å². The first-order chi connectivity index (χ1) is 13.7. The first-order valence-corrected chi connectivity index (χ1v) is 9.57. The molecule has 28 heavy (non-hydrogen) atoms. The van der Waals surface area contributed by atoms with E-state index in [0.717, 1.165) is 28.7 Å². The number of hydrogen-bond donors (Lipinski definition) is 0. The maximum atomic E-state index is 12.8. The minimum absolute atomic E-state index is 0.622. The van der Waals surface area contributed by atoms with Crippen LogP contribution in [0.2, 0.25) is 0 Å². The van der Waals surface area contributed by atoms with Crippen LogP contribution in [0.5, 0.6) is 0 Å². The minimum atomic E-state index is 0.622. The van der Waals surface area contributed by atoms with E-state index in [1.807, 2.05) is 72.8 Å². The Hall–Kier alpha value is -3.39. The molecule has 0 saturated heterocycles. The Bertz CT molecular complexity index is 970. The van der Waals surface area contributed by atoms with Gasteiger partial charge in [0, 0.05) is 17.2 Å². The van der Waals surface area contributed by atoms with Crippen LogP contribution in [-0.2, 0) is 6.42 Å². The summed E-state index contributed by atoms with van der Waals surface area (Å²) in [6.45, 7) is 2.14. The normalized spacial score (nSPS) is 12.5. The highest BCUT2D eigenvalue weighted by Gasteiger charge is 2.09. The van der Waals surface area contributed by atoms with E-state index in [9.17, 15) is 5.21 Å². The van der Waals surface area contributed by atoms with Crippen molar-refractivity contribution in [3.05, 3.63) is 131 Å². The monoisotopic (exact) mass is 367 g/mol. The van der Waals surface area contributed by atoms with Crippen molar-refractivity contribution in [1.82, 2.24) is 0 Å². The van der Waals surface area contributed by atoms with Gasteiger partial charge in [-0.25, -0.2) is 0 Å². The summed E-state index contributed by atoms with van der Waals surface area (Å²) in [6.07, 6.45) is 9.52. The second-order valence-electron chi connectivity index (χ2n) is 6.68. The third-order valence-electron chi connectivity index (χ3n) is 4.60. The predicted octanol–water partition coefficient (Wildman–Crippen LogP) is 6.15. The number of hydrogen-bond acceptors (Lipinski definition) is 1. The predicted molar refractivity (Wildman–Crippen MR) is 118 cm³/mol. The summed E-state index contributed by atoms with van der Waals surface area (Å²) < 4.78 is 0.941. The van der Waals surface area contributed by atoms with E-state index in [1.165, 1.54) is 11.1 Å². The zero-order chi connectivity index (χ0) is 19.6. The summed E-state index contributed by atoms with van der Waals surface area (Å²) in [6, 6.07) is 27.8. The van der Waals surface area contributed by atoms with Gasteiger partial charge in [0.1, 0.15) is 0 Å². The second-order valence-corrected chi connectivity index (χ2v) is 6.68. The van der Waals surface area contributed by atoms with E-state index < -0.39 is 0 Å². The van der Waals surface area contributed by atoms with Crippen molar-refractivity contribution in [2.75, 3.05) is 0 Å². The van der Waals surface area contributed by atoms with Crippen LogP contribution in [0.1, 0.15) is 28.7 Å². The van der Waals surface area contributed by atoms with Gasteiger partial charge in [0.05, 0.1) is 0 Å². The number of hydroxylamine groups is 1. The quantitative estimate of drug-likeness (QED) is 0.162. The first-order valence-electron chi connectivity index (χ1n) is 9.57. The fourth-order valence-corrected chi connectivity index (χ4v) is 3.03. The largest absolute Gasteiger partial charge is 0.618 e. The van der Waals surface area contributed by atoms with E-state index in [4.69, 9.17) is 0 Å². The van der Waals surface area contributed by atoms with Crippen molar-refractivity contribution in [3.63, 3.8) is 0 Å². The minimum Gasteiger partial charge on any atom is -0.618 e. The lowest BCUT2D eigenvalue weighted by atomic mass is 10.0. The fourth-order valence-electron chi connectivity index (χ4n) is 3.03. The lowest BCUT2D eigenvalue weighted by Gasteiger charge is -2.07. The molecule has 3 aromatic rings. The first kappa shape index (κ1) is 19.4. The van der Waals surface area contributed by atoms with Gasteiger partial charge in [-0.15, -0.1) is 0 Å². The van der Waals surface area contributed by atoms with E-state index in [2.05, 4.69) is 37.3 Å². The van der Waals surface area contributed by atoms with Gasteiger partial charge in [-0.1, -0.05) is 72.8 Å². The summed E-state index contributed by atoms with van der Waals surface area (Å²) in [4.78, 5) is 0. The van der Waals surface area contributed by atoms with Gasteiger partial charge in [0.25, 0.3) is 0 Å². The molecule has 0 radical (unpaired) electrons. The summed E-state index contributed by atoms with van der Waals surface area (Å²) in [7, 11) is 0. The van der Waals surface area contributed by atoms with Crippen molar-refractivity contribution in [2.24, 2.45) is 0 Å². The van der Waals surface area contributed by atoms with Gasteiger partial charge < -0.3 is 5.21 Å². The Morgan fingerprint density at radius 3 is 2.21 bits per heavy atom. The smallest absolute Gasteiger partial charge is 0.223 e. The highest BCUT2D eigenvalue weighted by molar-refractivity contribution is 5.78. The van der Waals surface area contributed by atoms with Crippen LogP contribution in [0.25, 0.3) is 5.70 Å². The molecule has 0 fully saturated rings. The molecule has 0 spiro atoms. The van der Waals surface area contributed by atoms with E-state index >= 15 is 0 Å². The number of rotatable bonds is 7. The maximum Gasteiger partial charge on any atom is 0.223 e. The van der Waals surface area contributed by atoms with Gasteiger partial charge >= 0.3 is 0 Å². The molecule has 0 bridgehead atoms. The lowest BCUT2D eigenvalue weighted by Crippen LogP contribution is -2.05. The molecule has 0 unspecified atom stereocenters. The van der Waals surface area contributed by atoms with Gasteiger partial charge in [-0.3, -0.25) is 0 Å². The average Bonchev–Trinajstić information content (AvgIpc) is 2.73. The third-order valence-corrected chi connectivity index (χ3v) is 4.60. The molecule has 2 heteroatoms. The highest BCUT2D eigenvalue weighted by Crippen LogP contribution is 2.16. The number of nitrogens with zero attached hydrogens (tertiary/aromatic N) is 1. The molecule has 0 N–H and O–H groups in total. The third kappa shape index (κ3) is 5.55. The SMILES string of the molecule is Cc1ccccc1CC/C=C/C=C(c1ccccc1)/[N+]([O-])=C/c1ccccc1. The summed E-state index contributed by atoms with van der Waals surface area (Å²) >= 11 is 0. The van der Waals surface area contributed by atoms with Crippen LogP contribution in [-0.4, -0.2) is 11.0 Å². The highest BCUT2D eigenvalue weighted by atomic mass is 16.5. The van der Waals surface area contributed by atoms with Crippen LogP contribution >= 0.6 is 0 Å². The molecule has 0 aliphatic rings. The van der Waals surface area contributed by atoms with Crippen molar-refractivity contribution in [2.45, 2.75) is 19.8 Å². The van der Waals surface area contributed by atoms with Gasteiger partial charge in [-0.05, 0) is 55.2 Å². The number of allylic oxidation sites excluding steroid dienone is 3. The van der Waals surface area contributed by atoms with Crippen LogP contribution in [0.3, 0.4) is 0 Å². The molecule has 0 amide bonds. The molecular weight excluding hydrogens is 342 g/mol. The summed E-state index contributed by atoms with van der Waals surface area (Å²) in [5, 5.41) is 12.8. The van der Waals surface area contributed by atoms with Crippen molar-refractivity contribution in [1.29, 1.82) is 0 Å². The van der Waals surface area contributed by atoms with Crippen LogP contribution in [0.15, 0.2) is 103 Å². The molecule has 2 nitrogen and oxygen atoms in total. The van der Waals surface area contributed by atoms with Crippen LogP contribution < -0.4 is 0 Å². The summed E-state index contributed by atoms with van der Waals surface area (Å²) in [5.41, 5.74) is 5.08. The standard InChI is InChI=1S/C26H25NO/c1-22-13-11-12-17-24(22)16-7-4-10-20-26(25-18-8-3-9-19-25)27(28)21-23-14-5-2-6-15-23/h2-6,8-15,17-21H,7,16H2,1H3/b10-4+,26-20+,27-21-. The van der Waals surface area contributed by atoms with E-state index in [-0.39, 0.29) is 0 Å². The van der Waals surface area contributed by atoms with Gasteiger partial charge in [0.2, 0.25) is 5.70 Å². The van der Waals surface area contributed by atoms with E-state index in [1.54, 1.807) is 6.21 Å². The number of benzene rings is 3. The molecule has 0 aliphatic carbocycles. The Morgan fingerprint density at radius 1 is 0.857 bits per heavy atom. The molecule has 0 aromatic heterocycles. The molecule has 3 aromatic carbocycles. The van der Waals surface area contributed by atoms with Crippen molar-refractivity contribution in [3.8, 4) is 0 Å². The fraction of sp³-hybridized carbons (Fsp3) is 0.115. The average molecular weight is 367 g/mol. The molecular formula is C26H25NO. The Labute approximate surface area is 167 Å². The van der Waals surface area contributed by atoms with Gasteiger partial charge in [0.15, 0.2) is 6.21 Å².